The van der Waals surface area contributed by atoms with Gasteiger partial charge in [0.2, 0.25) is 0 Å². The standard InChI is InChI=1S/C15H17BrN2O3/c16-11-7-10-12(17-15(21)14(10)20)8-13(11)18-5-1-3-9(18)4-2-6-19/h7-9,19H,1-6H2,(H,17,20,21). The lowest BCUT2D eigenvalue weighted by atomic mass is 10.1. The molecule has 1 amide bonds. The maximum Gasteiger partial charge on any atom is 0.296 e. The van der Waals surface area contributed by atoms with Gasteiger partial charge in [0, 0.05) is 23.7 Å². The van der Waals surface area contributed by atoms with Crippen molar-refractivity contribution in [1.29, 1.82) is 0 Å². The van der Waals surface area contributed by atoms with E-state index in [2.05, 4.69) is 26.1 Å². The van der Waals surface area contributed by atoms with Gasteiger partial charge in [-0.3, -0.25) is 9.59 Å². The molecule has 2 aliphatic rings. The number of benzene rings is 1. The number of nitrogens with zero attached hydrogens (tertiary/aromatic N) is 1. The Bertz CT molecular complexity index is 603. The fourth-order valence-corrected chi connectivity index (χ4v) is 3.73. The van der Waals surface area contributed by atoms with Crippen LogP contribution in [0, 0.1) is 0 Å². The van der Waals surface area contributed by atoms with Crippen molar-refractivity contribution < 1.29 is 14.7 Å². The molecule has 3 rings (SSSR count). The van der Waals surface area contributed by atoms with Gasteiger partial charge >= 0.3 is 0 Å². The van der Waals surface area contributed by atoms with Crippen LogP contribution in [0.25, 0.3) is 0 Å². The fourth-order valence-electron chi connectivity index (χ4n) is 3.15. The number of halogens is 1. The van der Waals surface area contributed by atoms with Gasteiger partial charge in [0.1, 0.15) is 0 Å². The van der Waals surface area contributed by atoms with E-state index in [4.69, 9.17) is 5.11 Å². The van der Waals surface area contributed by atoms with Gasteiger partial charge in [-0.1, -0.05) is 0 Å². The highest BCUT2D eigenvalue weighted by atomic mass is 79.9. The zero-order valence-corrected chi connectivity index (χ0v) is 13.1. The number of Topliss-reactive ketones (excluding diaryl/α,β-unsaturated/α-hetero) is 1. The highest BCUT2D eigenvalue weighted by Crippen LogP contribution is 2.38. The second-order valence-electron chi connectivity index (χ2n) is 5.49. The molecule has 2 aliphatic heterocycles. The minimum atomic E-state index is -0.563. The number of hydrogen-bond donors (Lipinski definition) is 2. The number of carbonyl (C=O) groups excluding carboxylic acids is 2. The summed E-state index contributed by atoms with van der Waals surface area (Å²) in [4.78, 5) is 25.5. The first-order valence-electron chi connectivity index (χ1n) is 7.18. The summed E-state index contributed by atoms with van der Waals surface area (Å²) in [6.07, 6.45) is 3.96. The summed E-state index contributed by atoms with van der Waals surface area (Å²) in [7, 11) is 0. The molecule has 6 heteroatoms. The zero-order chi connectivity index (χ0) is 15.0. The molecule has 1 unspecified atom stereocenters. The number of anilines is 2. The van der Waals surface area contributed by atoms with Crippen LogP contribution >= 0.6 is 15.9 Å². The van der Waals surface area contributed by atoms with E-state index >= 15 is 0 Å². The maximum atomic E-state index is 11.7. The maximum absolute atomic E-state index is 11.7. The topological polar surface area (TPSA) is 69.6 Å². The van der Waals surface area contributed by atoms with Crippen LogP contribution in [-0.4, -0.2) is 36.0 Å². The number of ketones is 1. The van der Waals surface area contributed by atoms with Gasteiger partial charge in [-0.2, -0.15) is 0 Å². The van der Waals surface area contributed by atoms with Gasteiger partial charge < -0.3 is 15.3 Å². The lowest BCUT2D eigenvalue weighted by Crippen LogP contribution is -2.29. The van der Waals surface area contributed by atoms with Gasteiger partial charge in [-0.05, 0) is 53.7 Å². The molecule has 0 aromatic heterocycles. The second kappa shape index (κ2) is 5.77. The third-order valence-corrected chi connectivity index (χ3v) is 4.80. The first kappa shape index (κ1) is 14.5. The molecule has 1 fully saturated rings. The van der Waals surface area contributed by atoms with Crippen molar-refractivity contribution in [3.63, 3.8) is 0 Å². The monoisotopic (exact) mass is 352 g/mol. The third kappa shape index (κ3) is 2.58. The molecule has 5 nitrogen and oxygen atoms in total. The lowest BCUT2D eigenvalue weighted by Gasteiger charge is -2.28. The molecular formula is C15H17BrN2O3. The van der Waals surface area contributed by atoms with Gasteiger partial charge in [0.15, 0.2) is 0 Å². The van der Waals surface area contributed by atoms with Crippen molar-refractivity contribution in [2.45, 2.75) is 31.7 Å². The van der Waals surface area contributed by atoms with Crippen LogP contribution in [0.2, 0.25) is 0 Å². The SMILES string of the molecule is O=C1Nc2cc(N3CCCC3CCCO)c(Br)cc2C1=O. The molecule has 0 bridgehead atoms. The van der Waals surface area contributed by atoms with Crippen molar-refractivity contribution in [2.75, 3.05) is 23.4 Å². The smallest absolute Gasteiger partial charge is 0.296 e. The van der Waals surface area contributed by atoms with Crippen LogP contribution in [0.3, 0.4) is 0 Å². The molecule has 0 saturated carbocycles. The number of nitrogens with one attached hydrogen (secondary N) is 1. The average molecular weight is 353 g/mol. The molecule has 0 aliphatic carbocycles. The molecule has 112 valence electrons. The number of carbonyl (C=O) groups is 2. The van der Waals surface area contributed by atoms with E-state index in [0.29, 0.717) is 17.3 Å². The number of fused-ring (bicyclic) bond motifs is 1. The Kier molecular flexibility index (Phi) is 3.99. The summed E-state index contributed by atoms with van der Waals surface area (Å²) in [5.74, 6) is -1.04. The van der Waals surface area contributed by atoms with Crippen molar-refractivity contribution in [1.82, 2.24) is 0 Å². The Morgan fingerprint density at radius 3 is 2.95 bits per heavy atom. The summed E-state index contributed by atoms with van der Waals surface area (Å²) >= 11 is 3.52. The predicted molar refractivity (Wildman–Crippen MR) is 83.8 cm³/mol. The van der Waals surface area contributed by atoms with Crippen LogP contribution in [0.1, 0.15) is 36.0 Å². The molecule has 21 heavy (non-hydrogen) atoms. The summed E-state index contributed by atoms with van der Waals surface area (Å²) in [6, 6.07) is 4.01. The largest absolute Gasteiger partial charge is 0.396 e. The quantitative estimate of drug-likeness (QED) is 0.816. The normalized spacial score (nSPS) is 20.9. The van der Waals surface area contributed by atoms with E-state index in [1.54, 1.807) is 6.07 Å². The van der Waals surface area contributed by atoms with E-state index in [-0.39, 0.29) is 6.61 Å². The van der Waals surface area contributed by atoms with E-state index < -0.39 is 11.7 Å². The summed E-state index contributed by atoms with van der Waals surface area (Å²) < 4.78 is 0.835. The van der Waals surface area contributed by atoms with Gasteiger partial charge in [-0.15, -0.1) is 0 Å². The molecule has 0 spiro atoms. The van der Waals surface area contributed by atoms with Crippen molar-refractivity contribution in [3.05, 3.63) is 22.2 Å². The van der Waals surface area contributed by atoms with Crippen LogP contribution in [0.5, 0.6) is 0 Å². The van der Waals surface area contributed by atoms with E-state index in [9.17, 15) is 9.59 Å². The average Bonchev–Trinajstić information content (AvgIpc) is 3.03. The molecule has 1 saturated heterocycles. The molecule has 1 atom stereocenters. The van der Waals surface area contributed by atoms with E-state index in [1.807, 2.05) is 6.07 Å². The third-order valence-electron chi connectivity index (χ3n) is 4.17. The number of amides is 1. The Labute approximate surface area is 131 Å². The number of aliphatic hydroxyl groups is 1. The van der Waals surface area contributed by atoms with Crippen LogP contribution in [0.15, 0.2) is 16.6 Å². The predicted octanol–water partition coefficient (Wildman–Crippen LogP) is 2.33. The van der Waals surface area contributed by atoms with Crippen LogP contribution < -0.4 is 10.2 Å². The number of rotatable bonds is 4. The molecule has 1 aromatic carbocycles. The Balaban J connectivity index is 1.91. The number of aliphatic hydroxyl groups excluding tert-OH is 1. The second-order valence-corrected chi connectivity index (χ2v) is 6.34. The molecule has 2 N–H and O–H groups in total. The van der Waals surface area contributed by atoms with Crippen molar-refractivity contribution in [3.8, 4) is 0 Å². The highest BCUT2D eigenvalue weighted by Gasteiger charge is 2.32. The summed E-state index contributed by atoms with van der Waals surface area (Å²) in [5.41, 5.74) is 2.03. The molecule has 2 heterocycles. The summed E-state index contributed by atoms with van der Waals surface area (Å²) in [5, 5.41) is 11.6. The van der Waals surface area contributed by atoms with Gasteiger partial charge in [-0.25, -0.2) is 0 Å². The molecule has 0 radical (unpaired) electrons. The Morgan fingerprint density at radius 1 is 1.38 bits per heavy atom. The van der Waals surface area contributed by atoms with E-state index in [0.717, 1.165) is 42.4 Å². The van der Waals surface area contributed by atoms with Crippen molar-refractivity contribution >= 4 is 39.0 Å². The number of hydrogen-bond acceptors (Lipinski definition) is 4. The zero-order valence-electron chi connectivity index (χ0n) is 11.6. The Hall–Kier alpha value is -1.40. The van der Waals surface area contributed by atoms with Crippen LogP contribution in [-0.2, 0) is 4.79 Å². The van der Waals surface area contributed by atoms with Gasteiger partial charge in [0.25, 0.3) is 11.7 Å². The molecular weight excluding hydrogens is 336 g/mol. The Morgan fingerprint density at radius 2 is 2.19 bits per heavy atom. The minimum Gasteiger partial charge on any atom is -0.396 e. The van der Waals surface area contributed by atoms with Gasteiger partial charge in [0.05, 0.1) is 16.9 Å². The first-order chi connectivity index (χ1) is 10.1. The van der Waals surface area contributed by atoms with Crippen LogP contribution in [0.4, 0.5) is 11.4 Å². The highest BCUT2D eigenvalue weighted by molar-refractivity contribution is 9.10. The molecule has 1 aromatic rings. The fraction of sp³-hybridized carbons (Fsp3) is 0.467. The van der Waals surface area contributed by atoms with Crippen molar-refractivity contribution in [2.24, 2.45) is 0 Å². The summed E-state index contributed by atoms with van der Waals surface area (Å²) in [6.45, 7) is 1.16. The van der Waals surface area contributed by atoms with E-state index in [1.165, 1.54) is 0 Å². The minimum absolute atomic E-state index is 0.209. The first-order valence-corrected chi connectivity index (χ1v) is 7.98. The lowest BCUT2D eigenvalue weighted by molar-refractivity contribution is -0.112.